The molecule has 3 rings (SSSR count). The maximum Gasteiger partial charge on any atom is 0.300 e. The molecule has 0 radical (unpaired) electrons. The van der Waals surface area contributed by atoms with E-state index in [0.717, 1.165) is 27.7 Å². The van der Waals surface area contributed by atoms with Crippen molar-refractivity contribution >= 4 is 23.9 Å². The van der Waals surface area contributed by atoms with Gasteiger partial charge < -0.3 is 92.9 Å². The zero-order chi connectivity index (χ0) is 38.0. The number of hydrogen-bond acceptors (Lipinski definition) is 18. The van der Waals surface area contributed by atoms with Crippen molar-refractivity contribution in [2.24, 2.45) is 22.9 Å². The summed E-state index contributed by atoms with van der Waals surface area (Å²) < 4.78 is 22.5. The van der Waals surface area contributed by atoms with E-state index in [4.69, 9.17) is 81.5 Å². The van der Waals surface area contributed by atoms with Gasteiger partial charge in [-0.3, -0.25) is 19.2 Å². The molecular formula is C26H52N4O18. The lowest BCUT2D eigenvalue weighted by molar-refractivity contribution is -0.319. The lowest BCUT2D eigenvalue weighted by Crippen LogP contribution is -2.64. The first-order valence-electron chi connectivity index (χ1n) is 14.4. The van der Waals surface area contributed by atoms with Crippen LogP contribution in [-0.4, -0.2) is 174 Å². The summed E-state index contributed by atoms with van der Waals surface area (Å²) in [5.41, 5.74) is 23.5. The van der Waals surface area contributed by atoms with Crippen LogP contribution in [0, 0.1) is 0 Å². The molecule has 0 aromatic rings. The van der Waals surface area contributed by atoms with Crippen LogP contribution < -0.4 is 22.9 Å². The van der Waals surface area contributed by atoms with Crippen molar-refractivity contribution < 1.29 is 89.2 Å². The van der Waals surface area contributed by atoms with Crippen molar-refractivity contribution in [3.05, 3.63) is 0 Å². The minimum absolute atomic E-state index is 0.0922. The van der Waals surface area contributed by atoms with Gasteiger partial charge in [-0.1, -0.05) is 0 Å². The van der Waals surface area contributed by atoms with Crippen LogP contribution in [0.3, 0.4) is 0 Å². The first-order valence-corrected chi connectivity index (χ1v) is 14.4. The standard InChI is InChI=1S/C18H36N4O10.4C2H4O2/c19-3-9-11(23)13(25)15(27)17(31-9)29-7-1-5(21)8(2-6(7)22)30-18-16(28)14(26)12(24)10(4-20)32-18;4*1-2(3)4/h5-18,23-28H,1-4,19-22H2;4*1H3,(H,3,4)/t5-,6-,7-,8-,9-,10+,11-,12+,13+,14-,15-,16+,17+,18-;;;;/m1..../s1. The highest BCUT2D eigenvalue weighted by Crippen LogP contribution is 2.30. The average Bonchev–Trinajstić information content (AvgIpc) is 2.94. The number of carboxylic acids is 4. The van der Waals surface area contributed by atoms with Crippen molar-refractivity contribution in [3.63, 3.8) is 0 Å². The van der Waals surface area contributed by atoms with Gasteiger partial charge in [0.2, 0.25) is 0 Å². The van der Waals surface area contributed by atoms with E-state index < -0.39 is 110 Å². The van der Waals surface area contributed by atoms with E-state index in [1.165, 1.54) is 0 Å². The predicted molar refractivity (Wildman–Crippen MR) is 160 cm³/mol. The molecule has 2 heterocycles. The molecule has 0 bridgehead atoms. The molecule has 0 unspecified atom stereocenters. The highest BCUT2D eigenvalue weighted by molar-refractivity contribution is 5.63. The molecule has 2 aliphatic heterocycles. The van der Waals surface area contributed by atoms with Crippen LogP contribution >= 0.6 is 0 Å². The highest BCUT2D eigenvalue weighted by atomic mass is 16.7. The molecule has 0 aromatic carbocycles. The SMILES string of the molecule is CC(=O)O.CC(=O)O.CC(=O)O.CC(=O)O.NC[C@@H]1O[C@@H](O[C@@H]2C[C@@H](N)[C@H](O[C@H]3O[C@H](CN)[C@@H](O)[C@H](O)[C@H]3O)C[C@H]2N)[C@@H](O)[C@H](O)[C@H]1O. The minimum atomic E-state index is -1.52. The van der Waals surface area contributed by atoms with Crippen LogP contribution in [0.2, 0.25) is 0 Å². The Bertz CT molecular complexity index is 848. The Kier molecular flexibility index (Phi) is 23.4. The fourth-order valence-corrected chi connectivity index (χ4v) is 4.29. The molecule has 1 saturated carbocycles. The van der Waals surface area contributed by atoms with Crippen molar-refractivity contribution in [1.29, 1.82) is 0 Å². The van der Waals surface area contributed by atoms with E-state index in [2.05, 4.69) is 0 Å². The molecular weight excluding hydrogens is 656 g/mol. The molecule has 0 spiro atoms. The van der Waals surface area contributed by atoms with Gasteiger partial charge in [0.05, 0.1) is 12.2 Å². The number of carboxylic acid groups (broad SMARTS) is 4. The number of aliphatic hydroxyl groups excluding tert-OH is 6. The first kappa shape index (κ1) is 47.4. The van der Waals surface area contributed by atoms with Gasteiger partial charge in [0.15, 0.2) is 12.6 Å². The fourth-order valence-electron chi connectivity index (χ4n) is 4.29. The molecule has 0 aromatic heterocycles. The zero-order valence-electron chi connectivity index (χ0n) is 27.0. The van der Waals surface area contributed by atoms with Crippen molar-refractivity contribution in [2.45, 2.75) is 126 Å². The Morgan fingerprint density at radius 3 is 0.979 bits per heavy atom. The number of rotatable bonds is 6. The third kappa shape index (κ3) is 18.2. The zero-order valence-corrected chi connectivity index (χ0v) is 27.0. The van der Waals surface area contributed by atoms with Gasteiger partial charge >= 0.3 is 0 Å². The Morgan fingerprint density at radius 1 is 0.542 bits per heavy atom. The van der Waals surface area contributed by atoms with Gasteiger partial charge in [0.1, 0.15) is 48.8 Å². The second-order valence-electron chi connectivity index (χ2n) is 10.7. The molecule has 3 fully saturated rings. The lowest BCUT2D eigenvalue weighted by Gasteiger charge is -2.46. The lowest BCUT2D eigenvalue weighted by atomic mass is 9.86. The van der Waals surface area contributed by atoms with E-state index in [1.54, 1.807) is 0 Å². The van der Waals surface area contributed by atoms with Gasteiger partial charge in [-0.25, -0.2) is 0 Å². The van der Waals surface area contributed by atoms with Crippen LogP contribution in [0.15, 0.2) is 0 Å². The highest BCUT2D eigenvalue weighted by Gasteiger charge is 2.48. The van der Waals surface area contributed by atoms with Gasteiger partial charge in [-0.2, -0.15) is 0 Å². The summed E-state index contributed by atoms with van der Waals surface area (Å²) in [6.45, 7) is 4.15. The van der Waals surface area contributed by atoms with Crippen molar-refractivity contribution in [3.8, 4) is 0 Å². The van der Waals surface area contributed by atoms with Gasteiger partial charge in [-0.15, -0.1) is 0 Å². The number of aliphatic hydroxyl groups is 6. The number of aliphatic carboxylic acids is 4. The Morgan fingerprint density at radius 2 is 0.771 bits per heavy atom. The van der Waals surface area contributed by atoms with Crippen molar-refractivity contribution in [1.82, 2.24) is 0 Å². The normalized spacial score (nSPS) is 37.2. The van der Waals surface area contributed by atoms with Gasteiger partial charge in [-0.05, 0) is 12.8 Å². The molecule has 48 heavy (non-hydrogen) atoms. The van der Waals surface area contributed by atoms with E-state index >= 15 is 0 Å². The molecule has 2 saturated heterocycles. The summed E-state index contributed by atoms with van der Waals surface area (Å²) in [4.78, 5) is 36.0. The van der Waals surface area contributed by atoms with Crippen molar-refractivity contribution in [2.75, 3.05) is 13.1 Å². The number of carbonyl (C=O) groups is 4. The second-order valence-corrected chi connectivity index (χ2v) is 10.7. The maximum atomic E-state index is 10.2. The van der Waals surface area contributed by atoms with Crippen LogP contribution in [0.1, 0.15) is 40.5 Å². The molecule has 1 aliphatic carbocycles. The predicted octanol–water partition coefficient (Wildman–Crippen LogP) is -5.90. The summed E-state index contributed by atoms with van der Waals surface area (Å²) in [5, 5.41) is 89.9. The van der Waals surface area contributed by atoms with Crippen LogP contribution in [0.5, 0.6) is 0 Å². The molecule has 3 aliphatic rings. The van der Waals surface area contributed by atoms with Crippen LogP contribution in [0.4, 0.5) is 0 Å². The molecule has 22 heteroatoms. The second kappa shape index (κ2) is 23.6. The first-order chi connectivity index (χ1) is 22.0. The fraction of sp³-hybridized carbons (Fsp3) is 0.846. The third-order valence-corrected chi connectivity index (χ3v) is 6.38. The van der Waals surface area contributed by atoms with E-state index in [-0.39, 0.29) is 25.9 Å². The number of hydrogen-bond donors (Lipinski definition) is 14. The Hall–Kier alpha value is -2.68. The topological polar surface area (TPSA) is 412 Å². The van der Waals surface area contributed by atoms with Gasteiger partial charge in [0, 0.05) is 52.9 Å². The Labute approximate surface area is 275 Å². The summed E-state index contributed by atoms with van der Waals surface area (Å²) in [7, 11) is 0. The van der Waals surface area contributed by atoms with Crippen LogP contribution in [-0.2, 0) is 38.1 Å². The summed E-state index contributed by atoms with van der Waals surface area (Å²) >= 11 is 0. The Balaban J connectivity index is 0. The van der Waals surface area contributed by atoms with E-state index in [1.807, 2.05) is 0 Å². The molecule has 0 amide bonds. The minimum Gasteiger partial charge on any atom is -0.481 e. The quantitative estimate of drug-likeness (QED) is 0.122. The maximum absolute atomic E-state index is 10.2. The molecule has 284 valence electrons. The number of nitrogens with two attached hydrogens (primary N) is 4. The van der Waals surface area contributed by atoms with Gasteiger partial charge in [0.25, 0.3) is 23.9 Å². The van der Waals surface area contributed by atoms with E-state index in [9.17, 15) is 30.6 Å². The third-order valence-electron chi connectivity index (χ3n) is 6.38. The average molecular weight is 709 g/mol. The van der Waals surface area contributed by atoms with Crippen LogP contribution in [0.25, 0.3) is 0 Å². The molecule has 18 N–H and O–H groups in total. The largest absolute Gasteiger partial charge is 0.481 e. The summed E-state index contributed by atoms with van der Waals surface area (Å²) in [6.07, 6.45) is -14.1. The smallest absolute Gasteiger partial charge is 0.300 e. The summed E-state index contributed by atoms with van der Waals surface area (Å²) in [5.74, 6) is -3.33. The molecule has 22 nitrogen and oxygen atoms in total. The monoisotopic (exact) mass is 708 g/mol. The molecule has 14 atom stereocenters. The number of ether oxygens (including phenoxy) is 4. The summed E-state index contributed by atoms with van der Waals surface area (Å²) in [6, 6.07) is -1.25. The van der Waals surface area contributed by atoms with E-state index in [0.29, 0.717) is 0 Å².